The van der Waals surface area contributed by atoms with E-state index in [9.17, 15) is 9.59 Å². The number of rotatable bonds is 0. The van der Waals surface area contributed by atoms with Gasteiger partial charge in [-0.15, -0.1) is 0 Å². The lowest BCUT2D eigenvalue weighted by molar-refractivity contribution is -0.138. The highest BCUT2D eigenvalue weighted by Gasteiger charge is 2.45. The van der Waals surface area contributed by atoms with Crippen molar-refractivity contribution < 1.29 is 9.59 Å². The van der Waals surface area contributed by atoms with E-state index in [1.807, 2.05) is 0 Å². The Balaban J connectivity index is 2.35. The number of hydrogen-bond acceptors (Lipinski definition) is 2. The number of hydrogen-bond donors (Lipinski definition) is 0. The van der Waals surface area contributed by atoms with E-state index in [0.29, 0.717) is 0 Å². The van der Waals surface area contributed by atoms with Gasteiger partial charge in [-0.3, -0.25) is 9.59 Å². The van der Waals surface area contributed by atoms with Gasteiger partial charge in [-0.1, -0.05) is 0 Å². The molecule has 2 aliphatic rings. The van der Waals surface area contributed by atoms with E-state index >= 15 is 0 Å². The fourth-order valence-corrected chi connectivity index (χ4v) is 1.86. The fourth-order valence-electron chi connectivity index (χ4n) is 1.86. The highest BCUT2D eigenvalue weighted by Crippen LogP contribution is 2.39. The van der Waals surface area contributed by atoms with Crippen LogP contribution < -0.4 is 0 Å². The summed E-state index contributed by atoms with van der Waals surface area (Å²) in [6.45, 7) is 0. The highest BCUT2D eigenvalue weighted by molar-refractivity contribution is 6.41. The maximum atomic E-state index is 10.8. The monoisotopic (exact) mass is 124 g/mol. The van der Waals surface area contributed by atoms with E-state index in [1.54, 1.807) is 0 Å². The normalized spacial score (nSPS) is 40.4. The number of fused-ring (bicyclic) bond motifs is 2. The molecule has 0 saturated heterocycles. The molecule has 9 heavy (non-hydrogen) atoms. The van der Waals surface area contributed by atoms with Crippen LogP contribution in [-0.2, 0) is 9.59 Å². The summed E-state index contributed by atoms with van der Waals surface area (Å²) >= 11 is 0. The van der Waals surface area contributed by atoms with Gasteiger partial charge in [-0.25, -0.2) is 0 Å². The largest absolute Gasteiger partial charge is 0.291 e. The maximum Gasteiger partial charge on any atom is 0.201 e. The second kappa shape index (κ2) is 1.43. The average molecular weight is 124 g/mol. The van der Waals surface area contributed by atoms with Crippen molar-refractivity contribution in [3.8, 4) is 0 Å². The molecule has 2 nitrogen and oxygen atoms in total. The first-order valence-corrected chi connectivity index (χ1v) is 3.37. The molecule has 2 fully saturated rings. The molecule has 2 bridgehead atoms. The molecule has 2 aliphatic carbocycles. The van der Waals surface area contributed by atoms with E-state index in [-0.39, 0.29) is 23.4 Å². The summed E-state index contributed by atoms with van der Waals surface area (Å²) in [6, 6.07) is 0. The second-order valence-corrected chi connectivity index (χ2v) is 2.94. The topological polar surface area (TPSA) is 34.1 Å². The van der Waals surface area contributed by atoms with Crippen molar-refractivity contribution in [3.63, 3.8) is 0 Å². The van der Waals surface area contributed by atoms with Crippen LogP contribution in [0, 0.1) is 11.8 Å². The van der Waals surface area contributed by atoms with E-state index in [2.05, 4.69) is 0 Å². The third-order valence-electron chi connectivity index (χ3n) is 2.42. The molecule has 0 aromatic carbocycles. The Morgan fingerprint density at radius 1 is 1.00 bits per heavy atom. The molecular weight excluding hydrogens is 116 g/mol. The summed E-state index contributed by atoms with van der Waals surface area (Å²) in [4.78, 5) is 21.6. The van der Waals surface area contributed by atoms with Crippen molar-refractivity contribution >= 4 is 11.6 Å². The zero-order chi connectivity index (χ0) is 6.43. The predicted molar refractivity (Wildman–Crippen MR) is 30.8 cm³/mol. The lowest BCUT2D eigenvalue weighted by Gasteiger charge is -2.03. The van der Waals surface area contributed by atoms with E-state index in [1.165, 1.54) is 0 Å². The molecule has 0 N–H and O–H groups in total. The molecule has 2 saturated carbocycles. The maximum absolute atomic E-state index is 10.8. The Bertz CT molecular complexity index is 163. The minimum absolute atomic E-state index is 0.0914. The van der Waals surface area contributed by atoms with Gasteiger partial charge in [0, 0.05) is 11.8 Å². The van der Waals surface area contributed by atoms with Gasteiger partial charge in [-0.2, -0.15) is 0 Å². The average Bonchev–Trinajstić information content (AvgIpc) is 2.37. The van der Waals surface area contributed by atoms with Gasteiger partial charge in [0.1, 0.15) is 0 Å². The molecule has 2 rings (SSSR count). The minimum Gasteiger partial charge on any atom is -0.291 e. The predicted octanol–water partition coefficient (Wildman–Crippen LogP) is 0.554. The number of Topliss-reactive ketones (excluding diaryl/α,β-unsaturated/α-hetero) is 2. The lowest BCUT2D eigenvalue weighted by Crippen LogP contribution is -2.20. The van der Waals surface area contributed by atoms with Crippen LogP contribution in [0.3, 0.4) is 0 Å². The molecule has 0 heterocycles. The summed E-state index contributed by atoms with van der Waals surface area (Å²) in [5.41, 5.74) is 0. The molecule has 48 valence electrons. The third kappa shape index (κ3) is 0.506. The van der Waals surface area contributed by atoms with Crippen molar-refractivity contribution in [3.05, 3.63) is 0 Å². The summed E-state index contributed by atoms with van der Waals surface area (Å²) in [7, 11) is 0. The quantitative estimate of drug-likeness (QED) is 0.442. The van der Waals surface area contributed by atoms with Gasteiger partial charge in [0.05, 0.1) is 0 Å². The molecule has 0 radical (unpaired) electrons. The van der Waals surface area contributed by atoms with Crippen molar-refractivity contribution in [1.82, 2.24) is 0 Å². The van der Waals surface area contributed by atoms with Crippen molar-refractivity contribution in [2.45, 2.75) is 19.3 Å². The van der Waals surface area contributed by atoms with E-state index < -0.39 is 0 Å². The molecule has 2 heteroatoms. The van der Waals surface area contributed by atoms with Crippen LogP contribution in [0.1, 0.15) is 19.3 Å². The van der Waals surface area contributed by atoms with Crippen LogP contribution in [-0.4, -0.2) is 11.6 Å². The number of ketones is 2. The van der Waals surface area contributed by atoms with E-state index in [4.69, 9.17) is 0 Å². The van der Waals surface area contributed by atoms with Crippen molar-refractivity contribution in [2.75, 3.05) is 0 Å². The number of carbonyl (C=O) groups excluding carboxylic acids is 2. The Morgan fingerprint density at radius 2 is 1.44 bits per heavy atom. The van der Waals surface area contributed by atoms with E-state index in [0.717, 1.165) is 19.3 Å². The van der Waals surface area contributed by atoms with Crippen molar-refractivity contribution in [2.24, 2.45) is 11.8 Å². The third-order valence-corrected chi connectivity index (χ3v) is 2.42. The van der Waals surface area contributed by atoms with Gasteiger partial charge < -0.3 is 0 Å². The zero-order valence-corrected chi connectivity index (χ0v) is 5.09. The second-order valence-electron chi connectivity index (χ2n) is 2.94. The standard InChI is InChI=1S/C7H8O2/c8-6-4-1-2-5(3-4)7(6)9/h4-5H,1-3H2/t4-,5+. The van der Waals surface area contributed by atoms with Crippen LogP contribution in [0.4, 0.5) is 0 Å². The SMILES string of the molecule is O=C1C(=O)[C@H]2CC[C@@H]1C2. The Hall–Kier alpha value is -0.660. The summed E-state index contributed by atoms with van der Waals surface area (Å²) in [5.74, 6) is 0.0718. The molecule has 0 spiro atoms. The first kappa shape index (κ1) is 5.15. The first-order chi connectivity index (χ1) is 4.29. The molecule has 2 atom stereocenters. The minimum atomic E-state index is -0.0914. The highest BCUT2D eigenvalue weighted by atomic mass is 16.2. The summed E-state index contributed by atoms with van der Waals surface area (Å²) in [5, 5.41) is 0. The smallest absolute Gasteiger partial charge is 0.201 e. The summed E-state index contributed by atoms with van der Waals surface area (Å²) in [6.07, 6.45) is 2.79. The van der Waals surface area contributed by atoms with Crippen LogP contribution in [0.15, 0.2) is 0 Å². The van der Waals surface area contributed by atoms with Crippen molar-refractivity contribution in [1.29, 1.82) is 0 Å². The van der Waals surface area contributed by atoms with Crippen LogP contribution in [0.25, 0.3) is 0 Å². The molecule has 0 unspecified atom stereocenters. The van der Waals surface area contributed by atoms with Gasteiger partial charge >= 0.3 is 0 Å². The summed E-state index contributed by atoms with van der Waals surface area (Å²) < 4.78 is 0. The molecule has 0 aromatic rings. The molecule has 0 amide bonds. The van der Waals surface area contributed by atoms with Crippen LogP contribution in [0.5, 0.6) is 0 Å². The van der Waals surface area contributed by atoms with Gasteiger partial charge in [0.25, 0.3) is 0 Å². The molecule has 0 aliphatic heterocycles. The van der Waals surface area contributed by atoms with Gasteiger partial charge in [0.15, 0.2) is 0 Å². The fraction of sp³-hybridized carbons (Fsp3) is 0.714. The molecule has 0 aromatic heterocycles. The van der Waals surface area contributed by atoms with Gasteiger partial charge in [0.2, 0.25) is 11.6 Å². The lowest BCUT2D eigenvalue weighted by atomic mass is 9.98. The zero-order valence-electron chi connectivity index (χ0n) is 5.09. The number of carbonyl (C=O) groups is 2. The van der Waals surface area contributed by atoms with Crippen LogP contribution >= 0.6 is 0 Å². The Labute approximate surface area is 53.2 Å². The van der Waals surface area contributed by atoms with Gasteiger partial charge in [-0.05, 0) is 19.3 Å². The van der Waals surface area contributed by atoms with Crippen LogP contribution in [0.2, 0.25) is 0 Å². The Kier molecular flexibility index (Phi) is 0.821. The molecular formula is C7H8O2. The first-order valence-electron chi connectivity index (χ1n) is 3.37. The Morgan fingerprint density at radius 3 is 1.67 bits per heavy atom.